The predicted octanol–water partition coefficient (Wildman–Crippen LogP) is 4.20. The molecular formula is C19H31N2O5P. The minimum absolute atomic E-state index is 0.689. The largest absolute Gasteiger partial charge is 0.497 e. The van der Waals surface area contributed by atoms with Gasteiger partial charge in [-0.25, -0.2) is 4.57 Å². The van der Waals surface area contributed by atoms with Crippen molar-refractivity contribution >= 4 is 18.7 Å². The fraction of sp³-hybridized carbons (Fsp3) is 0.579. The molecule has 7 nitrogen and oxygen atoms in total. The fourth-order valence-electron chi connectivity index (χ4n) is 2.89. The minimum atomic E-state index is -4.21. The Kier molecular flexibility index (Phi) is 6.77. The van der Waals surface area contributed by atoms with Crippen LogP contribution in [-0.2, 0) is 20.0 Å². The average Bonchev–Trinajstić information content (AvgIpc) is 2.87. The van der Waals surface area contributed by atoms with Crippen LogP contribution in [0, 0.1) is 0 Å². The lowest BCUT2D eigenvalue weighted by Gasteiger charge is -2.25. The first-order chi connectivity index (χ1) is 12.4. The molecule has 2 unspecified atom stereocenters. The van der Waals surface area contributed by atoms with Gasteiger partial charge in [-0.05, 0) is 65.9 Å². The van der Waals surface area contributed by atoms with Gasteiger partial charge in [0.25, 0.3) is 0 Å². The molecule has 1 aromatic heterocycles. The molecule has 2 atom stereocenters. The molecule has 0 aliphatic rings. The van der Waals surface area contributed by atoms with E-state index in [-0.39, 0.29) is 0 Å². The molecule has 2 aromatic rings. The Morgan fingerprint density at radius 2 is 1.96 bits per heavy atom. The summed E-state index contributed by atoms with van der Waals surface area (Å²) < 4.78 is 30.2. The van der Waals surface area contributed by atoms with E-state index in [4.69, 9.17) is 13.8 Å². The second-order valence-electron chi connectivity index (χ2n) is 7.87. The minimum Gasteiger partial charge on any atom is -0.497 e. The molecule has 27 heavy (non-hydrogen) atoms. The number of hydrogen-bond donors (Lipinski definition) is 1. The third-order valence-electron chi connectivity index (χ3n) is 4.02. The van der Waals surface area contributed by atoms with E-state index in [1.807, 2.05) is 43.1 Å². The molecule has 1 aromatic carbocycles. The van der Waals surface area contributed by atoms with Gasteiger partial charge >= 0.3 is 7.82 Å². The molecule has 0 saturated carbocycles. The molecule has 1 N–H and O–H groups in total. The number of rotatable bonds is 8. The third kappa shape index (κ3) is 6.06. The van der Waals surface area contributed by atoms with E-state index in [1.165, 1.54) is 0 Å². The number of likely N-dealkylation sites (N-methyl/N-ethyl adjacent to an activating group) is 1. The zero-order valence-electron chi connectivity index (χ0n) is 17.2. The van der Waals surface area contributed by atoms with Crippen LogP contribution < -0.4 is 4.74 Å². The van der Waals surface area contributed by atoms with E-state index in [1.54, 1.807) is 34.8 Å². The van der Waals surface area contributed by atoms with Crippen molar-refractivity contribution in [3.05, 3.63) is 30.0 Å². The summed E-state index contributed by atoms with van der Waals surface area (Å²) in [5.41, 5.74) is 1.23. The summed E-state index contributed by atoms with van der Waals surface area (Å²) in [4.78, 5) is 12.2. The van der Waals surface area contributed by atoms with Crippen LogP contribution in [0.2, 0.25) is 0 Å². The highest BCUT2D eigenvalue weighted by atomic mass is 31.2. The summed E-state index contributed by atoms with van der Waals surface area (Å²) in [5, 5.41) is 1.07. The standard InChI is InChI=1S/C19H31N2O5P/c1-14(25-27(22,23)26-19(2,3)4)21-13-15(10-11-20(5)6)17-9-8-16(24-7)12-18(17)21/h8-9,12-14H,10-11H2,1-7H3,(H,22,23). The second-order valence-corrected chi connectivity index (χ2v) is 9.21. The molecule has 152 valence electrons. The number of aromatic nitrogens is 1. The van der Waals surface area contributed by atoms with Crippen molar-refractivity contribution in [1.29, 1.82) is 0 Å². The smallest absolute Gasteiger partial charge is 0.474 e. The van der Waals surface area contributed by atoms with Crippen molar-refractivity contribution in [3.8, 4) is 5.75 Å². The summed E-state index contributed by atoms with van der Waals surface area (Å²) in [6, 6.07) is 5.82. The van der Waals surface area contributed by atoms with Crippen LogP contribution in [0.3, 0.4) is 0 Å². The molecule has 0 amide bonds. The number of nitrogens with zero attached hydrogens (tertiary/aromatic N) is 2. The zero-order chi connectivity index (χ0) is 20.4. The fourth-order valence-corrected chi connectivity index (χ4v) is 4.11. The van der Waals surface area contributed by atoms with Crippen LogP contribution in [0.1, 0.15) is 39.5 Å². The predicted molar refractivity (Wildman–Crippen MR) is 107 cm³/mol. The third-order valence-corrected chi connectivity index (χ3v) is 5.37. The highest BCUT2D eigenvalue weighted by Crippen LogP contribution is 2.50. The topological polar surface area (TPSA) is 73.2 Å². The van der Waals surface area contributed by atoms with Crippen molar-refractivity contribution in [2.45, 2.75) is 45.9 Å². The summed E-state index contributed by atoms with van der Waals surface area (Å²) in [7, 11) is 1.45. The molecular weight excluding hydrogens is 367 g/mol. The molecule has 8 heteroatoms. The van der Waals surface area contributed by atoms with Crippen LogP contribution in [-0.4, -0.2) is 47.7 Å². The number of phosphoric acid groups is 1. The van der Waals surface area contributed by atoms with E-state index < -0.39 is 19.7 Å². The number of phosphoric ester groups is 1. The number of benzene rings is 1. The van der Waals surface area contributed by atoms with E-state index in [2.05, 4.69) is 4.90 Å². The van der Waals surface area contributed by atoms with Gasteiger partial charge in [-0.15, -0.1) is 0 Å². The SMILES string of the molecule is COc1ccc2c(CCN(C)C)cn(C(C)OP(=O)(O)OC(C)(C)C)c2c1. The van der Waals surface area contributed by atoms with Gasteiger partial charge in [0.2, 0.25) is 0 Å². The number of hydrogen-bond acceptors (Lipinski definition) is 5. The van der Waals surface area contributed by atoms with Crippen LogP contribution in [0.4, 0.5) is 0 Å². The Morgan fingerprint density at radius 3 is 2.52 bits per heavy atom. The Morgan fingerprint density at radius 1 is 1.30 bits per heavy atom. The van der Waals surface area contributed by atoms with Crippen LogP contribution in [0.25, 0.3) is 10.9 Å². The van der Waals surface area contributed by atoms with Gasteiger partial charge in [-0.2, -0.15) is 0 Å². The Labute approximate surface area is 161 Å². The number of methoxy groups -OCH3 is 1. The van der Waals surface area contributed by atoms with Crippen molar-refractivity contribution in [2.75, 3.05) is 27.7 Å². The van der Waals surface area contributed by atoms with Crippen molar-refractivity contribution in [1.82, 2.24) is 9.47 Å². The summed E-state index contributed by atoms with van der Waals surface area (Å²) in [6.07, 6.45) is 2.13. The lowest BCUT2D eigenvalue weighted by molar-refractivity contribution is 0.0286. The maximum atomic E-state index is 12.4. The second kappa shape index (κ2) is 8.33. The van der Waals surface area contributed by atoms with E-state index in [0.29, 0.717) is 5.75 Å². The van der Waals surface area contributed by atoms with Crippen LogP contribution in [0.15, 0.2) is 24.4 Å². The molecule has 1 heterocycles. The Hall–Kier alpha value is -1.37. The highest BCUT2D eigenvalue weighted by Gasteiger charge is 2.31. The van der Waals surface area contributed by atoms with Gasteiger partial charge in [0.05, 0.1) is 18.2 Å². The molecule has 0 aliphatic heterocycles. The summed E-state index contributed by atoms with van der Waals surface area (Å²) >= 11 is 0. The summed E-state index contributed by atoms with van der Waals surface area (Å²) in [6.45, 7) is 7.74. The molecule has 0 fully saturated rings. The van der Waals surface area contributed by atoms with Crippen LogP contribution >= 0.6 is 7.82 Å². The van der Waals surface area contributed by atoms with Gasteiger partial charge < -0.3 is 19.1 Å². The molecule has 0 saturated heterocycles. The normalized spacial score (nSPS) is 15.9. The monoisotopic (exact) mass is 398 g/mol. The first-order valence-electron chi connectivity index (χ1n) is 8.96. The van der Waals surface area contributed by atoms with Crippen LogP contribution in [0.5, 0.6) is 5.75 Å². The lowest BCUT2D eigenvalue weighted by atomic mass is 10.1. The van der Waals surface area contributed by atoms with Crippen molar-refractivity contribution in [3.63, 3.8) is 0 Å². The number of fused-ring (bicyclic) bond motifs is 1. The molecule has 0 spiro atoms. The van der Waals surface area contributed by atoms with E-state index in [9.17, 15) is 9.46 Å². The maximum absolute atomic E-state index is 12.4. The van der Waals surface area contributed by atoms with Gasteiger partial charge in [0, 0.05) is 24.2 Å². The Bertz CT molecular complexity index is 825. The first kappa shape index (κ1) is 21.9. The van der Waals surface area contributed by atoms with Gasteiger partial charge in [0.15, 0.2) is 0 Å². The van der Waals surface area contributed by atoms with Gasteiger partial charge in [-0.1, -0.05) is 0 Å². The van der Waals surface area contributed by atoms with Gasteiger partial charge in [0.1, 0.15) is 12.0 Å². The van der Waals surface area contributed by atoms with E-state index in [0.717, 1.165) is 29.4 Å². The molecule has 0 radical (unpaired) electrons. The molecule has 0 bridgehead atoms. The highest BCUT2D eigenvalue weighted by molar-refractivity contribution is 7.47. The molecule has 2 rings (SSSR count). The zero-order valence-corrected chi connectivity index (χ0v) is 18.1. The maximum Gasteiger partial charge on any atom is 0.474 e. The quantitative estimate of drug-likeness (QED) is 0.672. The first-order valence-corrected chi connectivity index (χ1v) is 10.5. The summed E-state index contributed by atoms with van der Waals surface area (Å²) in [5.74, 6) is 0.714. The number of ether oxygens (including phenoxy) is 1. The van der Waals surface area contributed by atoms with Gasteiger partial charge in [-0.3, -0.25) is 9.05 Å². The molecule has 0 aliphatic carbocycles. The lowest BCUT2D eigenvalue weighted by Crippen LogP contribution is -2.19. The Balaban J connectivity index is 2.39. The van der Waals surface area contributed by atoms with Crippen molar-refractivity contribution < 1.29 is 23.2 Å². The average molecular weight is 398 g/mol. The van der Waals surface area contributed by atoms with Crippen molar-refractivity contribution in [2.24, 2.45) is 0 Å². The van der Waals surface area contributed by atoms with E-state index >= 15 is 0 Å².